The van der Waals surface area contributed by atoms with Crippen molar-refractivity contribution in [2.75, 3.05) is 6.54 Å². The number of carbonyl (C=O) groups excluding carboxylic acids is 1. The van der Waals surface area contributed by atoms with Gasteiger partial charge in [-0.1, -0.05) is 41.9 Å². The number of aryl methyl sites for hydroxylation is 1. The van der Waals surface area contributed by atoms with E-state index >= 15 is 0 Å². The van der Waals surface area contributed by atoms with Crippen LogP contribution < -0.4 is 5.32 Å². The lowest BCUT2D eigenvalue weighted by atomic mass is 10.0. The van der Waals surface area contributed by atoms with E-state index in [2.05, 4.69) is 10.3 Å². The largest absolute Gasteiger partial charge is 0.469 e. The second-order valence-corrected chi connectivity index (χ2v) is 8.73. The molecule has 0 aliphatic rings. The van der Waals surface area contributed by atoms with Gasteiger partial charge in [0.15, 0.2) is 0 Å². The molecule has 1 N–H and O–H groups in total. The summed E-state index contributed by atoms with van der Waals surface area (Å²) in [6.07, 6.45) is 5.13. The topological polar surface area (TPSA) is 55.1 Å². The van der Waals surface area contributed by atoms with Gasteiger partial charge in [0, 0.05) is 45.2 Å². The van der Waals surface area contributed by atoms with Crippen LogP contribution in [0.1, 0.15) is 21.9 Å². The number of nitrogens with one attached hydrogen (secondary N) is 1. The third kappa shape index (κ3) is 3.94. The summed E-state index contributed by atoms with van der Waals surface area (Å²) in [4.78, 5) is 18.5. The fourth-order valence-electron chi connectivity index (χ4n) is 3.75. The molecule has 0 aliphatic carbocycles. The smallest absolute Gasteiger partial charge is 0.262 e. The quantitative estimate of drug-likeness (QED) is 0.294. The Balaban J connectivity index is 1.53. The molecule has 0 aliphatic heterocycles. The molecule has 0 bridgehead atoms. The summed E-state index contributed by atoms with van der Waals surface area (Å²) in [6, 6.07) is 19.5. The van der Waals surface area contributed by atoms with Gasteiger partial charge in [0.25, 0.3) is 5.91 Å². The Morgan fingerprint density at radius 1 is 1.06 bits per heavy atom. The molecule has 4 nitrogen and oxygen atoms in total. The molecule has 5 rings (SSSR count). The van der Waals surface area contributed by atoms with E-state index in [9.17, 15) is 4.79 Å². The normalized spacial score (nSPS) is 11.3. The summed E-state index contributed by atoms with van der Waals surface area (Å²) in [6.45, 7) is 0.576. The predicted molar refractivity (Wildman–Crippen MR) is 127 cm³/mol. The van der Waals surface area contributed by atoms with E-state index in [-0.39, 0.29) is 5.91 Å². The Morgan fingerprint density at radius 2 is 1.94 bits per heavy atom. The van der Waals surface area contributed by atoms with Crippen LogP contribution in [0.3, 0.4) is 0 Å². The Hall–Kier alpha value is -3.15. The summed E-state index contributed by atoms with van der Waals surface area (Å²) < 4.78 is 6.38. The van der Waals surface area contributed by atoms with Gasteiger partial charge in [-0.3, -0.25) is 9.78 Å². The number of benzene rings is 2. The molecule has 0 unspecified atom stereocenters. The first-order valence-electron chi connectivity index (χ1n) is 10.1. The van der Waals surface area contributed by atoms with Crippen LogP contribution in [-0.4, -0.2) is 17.4 Å². The lowest BCUT2D eigenvalue weighted by Crippen LogP contribution is -2.24. The molecular weight excluding hydrogens is 428 g/mol. The maximum atomic E-state index is 13.2. The van der Waals surface area contributed by atoms with Crippen LogP contribution in [0.2, 0.25) is 5.02 Å². The van der Waals surface area contributed by atoms with Gasteiger partial charge in [-0.05, 0) is 42.3 Å². The molecule has 31 heavy (non-hydrogen) atoms. The van der Waals surface area contributed by atoms with Crippen LogP contribution in [0, 0.1) is 0 Å². The first-order valence-corrected chi connectivity index (χ1v) is 11.3. The van der Waals surface area contributed by atoms with Crippen molar-refractivity contribution < 1.29 is 9.21 Å². The van der Waals surface area contributed by atoms with Crippen molar-refractivity contribution in [3.05, 3.63) is 88.8 Å². The maximum Gasteiger partial charge on any atom is 0.262 e. The number of thiophene rings is 1. The summed E-state index contributed by atoms with van der Waals surface area (Å²) in [5, 5.41) is 5.66. The number of hydrogen-bond donors (Lipinski definition) is 1. The molecule has 0 radical (unpaired) electrons. The van der Waals surface area contributed by atoms with Gasteiger partial charge in [-0.25, -0.2) is 0 Å². The summed E-state index contributed by atoms with van der Waals surface area (Å²) >= 11 is 7.75. The van der Waals surface area contributed by atoms with E-state index in [0.717, 1.165) is 50.7 Å². The van der Waals surface area contributed by atoms with E-state index in [1.54, 1.807) is 6.26 Å². The molecule has 0 saturated carbocycles. The fraction of sp³-hybridized carbons (Fsp3) is 0.120. The number of pyridine rings is 1. The van der Waals surface area contributed by atoms with E-state index in [0.29, 0.717) is 16.4 Å². The number of hydrogen-bond acceptors (Lipinski definition) is 4. The van der Waals surface area contributed by atoms with Gasteiger partial charge in [-0.2, -0.15) is 0 Å². The number of rotatable bonds is 6. The van der Waals surface area contributed by atoms with E-state index in [1.165, 1.54) is 11.3 Å². The highest BCUT2D eigenvalue weighted by atomic mass is 35.5. The zero-order chi connectivity index (χ0) is 21.2. The minimum absolute atomic E-state index is 0.0744. The monoisotopic (exact) mass is 446 g/mol. The molecule has 1 amide bonds. The highest BCUT2D eigenvalue weighted by Crippen LogP contribution is 2.41. The lowest BCUT2D eigenvalue weighted by molar-refractivity contribution is 0.0957. The van der Waals surface area contributed by atoms with Gasteiger partial charge >= 0.3 is 0 Å². The average molecular weight is 447 g/mol. The molecule has 154 valence electrons. The van der Waals surface area contributed by atoms with Gasteiger partial charge in [0.05, 0.1) is 11.8 Å². The minimum atomic E-state index is -0.0744. The average Bonchev–Trinajstić information content (AvgIpc) is 3.45. The molecule has 3 aromatic heterocycles. The number of nitrogens with zero attached hydrogens (tertiary/aromatic N) is 1. The van der Waals surface area contributed by atoms with Gasteiger partial charge in [0.1, 0.15) is 10.6 Å². The second kappa shape index (κ2) is 8.53. The SMILES string of the molecule is O=C(NCCCc1ccco1)c1sc2c(cnc3ccc(Cl)cc32)c1-c1ccccc1. The zero-order valence-electron chi connectivity index (χ0n) is 16.6. The molecule has 0 atom stereocenters. The number of aromatic nitrogens is 1. The Bertz CT molecular complexity index is 1360. The first-order chi connectivity index (χ1) is 15.2. The number of furan rings is 1. The number of halogens is 1. The third-order valence-electron chi connectivity index (χ3n) is 5.22. The first kappa shape index (κ1) is 19.8. The lowest BCUT2D eigenvalue weighted by Gasteiger charge is -2.07. The Kier molecular flexibility index (Phi) is 5.45. The van der Waals surface area contributed by atoms with Crippen molar-refractivity contribution in [1.82, 2.24) is 10.3 Å². The third-order valence-corrected chi connectivity index (χ3v) is 6.69. The minimum Gasteiger partial charge on any atom is -0.469 e. The van der Waals surface area contributed by atoms with Crippen LogP contribution in [0.5, 0.6) is 0 Å². The molecule has 5 aromatic rings. The standard InChI is InChI=1S/C25H19ClN2O2S/c26-17-10-11-21-19(14-17)23-20(15-28-21)22(16-6-2-1-3-7-16)24(31-23)25(29)27-12-4-8-18-9-5-13-30-18/h1-3,5-7,9-11,13-15H,4,8,12H2,(H,27,29). The van der Waals surface area contributed by atoms with Crippen LogP contribution in [0.25, 0.3) is 32.1 Å². The summed E-state index contributed by atoms with van der Waals surface area (Å²) in [5.41, 5.74) is 2.78. The van der Waals surface area contributed by atoms with Crippen molar-refractivity contribution in [3.8, 4) is 11.1 Å². The summed E-state index contributed by atoms with van der Waals surface area (Å²) in [7, 11) is 0. The maximum absolute atomic E-state index is 13.2. The van der Waals surface area contributed by atoms with E-state index < -0.39 is 0 Å². The molecule has 6 heteroatoms. The van der Waals surface area contributed by atoms with E-state index in [1.807, 2.05) is 66.9 Å². The fourth-order valence-corrected chi connectivity index (χ4v) is 5.16. The van der Waals surface area contributed by atoms with Crippen molar-refractivity contribution in [2.45, 2.75) is 12.8 Å². The van der Waals surface area contributed by atoms with Gasteiger partial charge in [-0.15, -0.1) is 11.3 Å². The van der Waals surface area contributed by atoms with Gasteiger partial charge < -0.3 is 9.73 Å². The zero-order valence-corrected chi connectivity index (χ0v) is 18.2. The molecule has 0 fully saturated rings. The highest BCUT2D eigenvalue weighted by molar-refractivity contribution is 7.22. The van der Waals surface area contributed by atoms with E-state index in [4.69, 9.17) is 16.0 Å². The molecule has 3 heterocycles. The Morgan fingerprint density at radius 3 is 2.74 bits per heavy atom. The molecule has 2 aromatic carbocycles. The van der Waals surface area contributed by atoms with Gasteiger partial charge in [0.2, 0.25) is 0 Å². The predicted octanol–water partition coefficient (Wildman–Crippen LogP) is 6.73. The van der Waals surface area contributed by atoms with Crippen LogP contribution >= 0.6 is 22.9 Å². The van der Waals surface area contributed by atoms with Crippen LogP contribution in [-0.2, 0) is 6.42 Å². The number of amides is 1. The number of carbonyl (C=O) groups is 1. The molecule has 0 saturated heterocycles. The number of fused-ring (bicyclic) bond motifs is 3. The summed E-state index contributed by atoms with van der Waals surface area (Å²) in [5.74, 6) is 0.852. The Labute approximate surface area is 188 Å². The molecule has 0 spiro atoms. The van der Waals surface area contributed by atoms with Crippen molar-refractivity contribution >= 4 is 49.8 Å². The second-order valence-electron chi connectivity index (χ2n) is 7.27. The van der Waals surface area contributed by atoms with Crippen LogP contribution in [0.15, 0.2) is 77.5 Å². The van der Waals surface area contributed by atoms with Crippen molar-refractivity contribution in [2.24, 2.45) is 0 Å². The van der Waals surface area contributed by atoms with Crippen molar-refractivity contribution in [1.29, 1.82) is 0 Å². The highest BCUT2D eigenvalue weighted by Gasteiger charge is 2.21. The van der Waals surface area contributed by atoms with Crippen LogP contribution in [0.4, 0.5) is 0 Å². The molecular formula is C25H19ClN2O2S. The van der Waals surface area contributed by atoms with Crippen molar-refractivity contribution in [3.63, 3.8) is 0 Å².